The van der Waals surface area contributed by atoms with Gasteiger partial charge in [-0.15, -0.1) is 11.8 Å². The van der Waals surface area contributed by atoms with E-state index in [4.69, 9.17) is 4.74 Å². The van der Waals surface area contributed by atoms with Crippen LogP contribution in [0, 0.1) is 0 Å². The van der Waals surface area contributed by atoms with Crippen molar-refractivity contribution >= 4 is 45.2 Å². The molecule has 0 atom stereocenters. The van der Waals surface area contributed by atoms with Crippen LogP contribution < -0.4 is 10.1 Å². The summed E-state index contributed by atoms with van der Waals surface area (Å²) in [4.78, 5) is 30.3. The van der Waals surface area contributed by atoms with Crippen LogP contribution in [0.3, 0.4) is 0 Å². The summed E-state index contributed by atoms with van der Waals surface area (Å²) < 4.78 is 6.36. The lowest BCUT2D eigenvalue weighted by molar-refractivity contribution is -0.113. The molecule has 0 saturated carbocycles. The van der Waals surface area contributed by atoms with Gasteiger partial charge in [-0.25, -0.2) is 0 Å². The summed E-state index contributed by atoms with van der Waals surface area (Å²) in [5, 5.41) is 2.88. The Morgan fingerprint density at radius 3 is 2.45 bits per heavy atom. The molecule has 1 heterocycles. The third kappa shape index (κ3) is 5.98. The van der Waals surface area contributed by atoms with E-state index in [0.717, 1.165) is 22.5 Å². The normalized spacial score (nSPS) is 14.5. The van der Waals surface area contributed by atoms with Crippen molar-refractivity contribution < 1.29 is 14.3 Å². The monoisotopic (exact) mass is 477 g/mol. The quantitative estimate of drug-likeness (QED) is 0.644. The molecule has 0 aromatic heterocycles. The fraction of sp³-hybridized carbons (Fsp3) is 0.333. The molecule has 2 aromatic rings. The molecular weight excluding hydrogens is 454 g/mol. The molecule has 154 valence electrons. The van der Waals surface area contributed by atoms with Crippen LogP contribution in [0.5, 0.6) is 5.75 Å². The fourth-order valence-electron chi connectivity index (χ4n) is 3.00. The number of anilines is 1. The Morgan fingerprint density at radius 1 is 1.10 bits per heavy atom. The fourth-order valence-corrected chi connectivity index (χ4v) is 3.96. The van der Waals surface area contributed by atoms with Crippen molar-refractivity contribution in [2.45, 2.75) is 4.90 Å². The van der Waals surface area contributed by atoms with Gasteiger partial charge >= 0.3 is 0 Å². The minimum Gasteiger partial charge on any atom is -0.495 e. The molecule has 0 unspecified atom stereocenters. The number of thioether (sulfide) groups is 1. The molecular formula is C21H24BrN3O3S. The molecule has 1 saturated heterocycles. The average Bonchev–Trinajstić information content (AvgIpc) is 2.73. The van der Waals surface area contributed by atoms with Crippen molar-refractivity contribution in [1.82, 2.24) is 9.80 Å². The number of nitrogens with one attached hydrogen (secondary N) is 1. The topological polar surface area (TPSA) is 61.9 Å². The van der Waals surface area contributed by atoms with Crippen LogP contribution in [0.4, 0.5) is 5.69 Å². The van der Waals surface area contributed by atoms with Crippen molar-refractivity contribution in [2.75, 3.05) is 51.4 Å². The summed E-state index contributed by atoms with van der Waals surface area (Å²) in [6.45, 7) is 3.12. The van der Waals surface area contributed by atoms with Crippen LogP contribution in [0.1, 0.15) is 10.4 Å². The maximum atomic E-state index is 12.8. The number of hydrogen-bond acceptors (Lipinski definition) is 5. The highest BCUT2D eigenvalue weighted by atomic mass is 79.9. The highest BCUT2D eigenvalue weighted by Gasteiger charge is 2.21. The molecule has 0 spiro atoms. The molecule has 29 heavy (non-hydrogen) atoms. The van der Waals surface area contributed by atoms with Gasteiger partial charge in [0.2, 0.25) is 5.91 Å². The van der Waals surface area contributed by atoms with E-state index in [1.165, 1.54) is 11.8 Å². The lowest BCUT2D eigenvalue weighted by Crippen LogP contribution is -2.47. The predicted molar refractivity (Wildman–Crippen MR) is 120 cm³/mol. The number of nitrogens with zero attached hydrogens (tertiary/aromatic N) is 2. The van der Waals surface area contributed by atoms with Crippen molar-refractivity contribution in [3.63, 3.8) is 0 Å². The minimum atomic E-state index is -0.152. The molecule has 1 aliphatic rings. The zero-order chi connectivity index (χ0) is 20.8. The number of carbonyl (C=O) groups excluding carboxylic acids is 2. The Balaban J connectivity index is 1.65. The first-order valence-corrected chi connectivity index (χ1v) is 11.1. The Kier molecular flexibility index (Phi) is 7.57. The first kappa shape index (κ1) is 21.7. The van der Waals surface area contributed by atoms with Gasteiger partial charge in [0.25, 0.3) is 5.91 Å². The van der Waals surface area contributed by atoms with Crippen molar-refractivity contribution in [3.8, 4) is 5.75 Å². The summed E-state index contributed by atoms with van der Waals surface area (Å²) in [6.07, 6.45) is 0. The Morgan fingerprint density at radius 2 is 1.79 bits per heavy atom. The molecule has 1 N–H and O–H groups in total. The lowest BCUT2D eigenvalue weighted by atomic mass is 10.1. The van der Waals surface area contributed by atoms with Gasteiger partial charge in [-0.1, -0.05) is 15.9 Å². The second-order valence-corrected chi connectivity index (χ2v) is 8.77. The molecule has 0 bridgehead atoms. The van der Waals surface area contributed by atoms with Gasteiger partial charge in [0.15, 0.2) is 0 Å². The second-order valence-electron chi connectivity index (χ2n) is 6.80. The number of rotatable bonds is 6. The van der Waals surface area contributed by atoms with Gasteiger partial charge in [0.1, 0.15) is 5.75 Å². The van der Waals surface area contributed by atoms with E-state index in [1.54, 1.807) is 25.3 Å². The number of amides is 2. The van der Waals surface area contributed by atoms with E-state index in [1.807, 2.05) is 29.2 Å². The maximum absolute atomic E-state index is 12.8. The summed E-state index contributed by atoms with van der Waals surface area (Å²) in [5.74, 6) is 0.615. The minimum absolute atomic E-state index is 0.0273. The third-order valence-electron chi connectivity index (χ3n) is 4.69. The summed E-state index contributed by atoms with van der Waals surface area (Å²) >= 11 is 4.85. The van der Waals surface area contributed by atoms with Crippen LogP contribution >= 0.6 is 27.7 Å². The molecule has 1 aliphatic heterocycles. The standard InChI is InChI=1S/C21H24BrN3O3S/c1-24-9-11-25(12-10-24)21(27)15-3-8-19(28-2)18(13-15)23-20(26)14-29-17-6-4-16(22)5-7-17/h3-8,13H,9-12,14H2,1-2H3,(H,23,26). The zero-order valence-electron chi connectivity index (χ0n) is 16.5. The lowest BCUT2D eigenvalue weighted by Gasteiger charge is -2.32. The van der Waals surface area contributed by atoms with E-state index < -0.39 is 0 Å². The van der Waals surface area contributed by atoms with E-state index >= 15 is 0 Å². The van der Waals surface area contributed by atoms with E-state index in [-0.39, 0.29) is 17.6 Å². The van der Waals surface area contributed by atoms with Crippen LogP contribution in [-0.2, 0) is 4.79 Å². The molecule has 1 fully saturated rings. The SMILES string of the molecule is COc1ccc(C(=O)N2CCN(C)CC2)cc1NC(=O)CSc1ccc(Br)cc1. The Hall–Kier alpha value is -2.03. The number of hydrogen-bond donors (Lipinski definition) is 1. The molecule has 2 amide bonds. The number of carbonyl (C=O) groups is 2. The Labute approximate surface area is 183 Å². The largest absolute Gasteiger partial charge is 0.495 e. The van der Waals surface area contributed by atoms with Crippen LogP contribution in [0.25, 0.3) is 0 Å². The Bertz CT molecular complexity index is 868. The highest BCUT2D eigenvalue weighted by molar-refractivity contribution is 9.10. The molecule has 0 aliphatic carbocycles. The number of halogens is 1. The number of ether oxygens (including phenoxy) is 1. The van der Waals surface area contributed by atoms with Gasteiger partial charge in [-0.3, -0.25) is 9.59 Å². The number of methoxy groups -OCH3 is 1. The predicted octanol–water partition coefficient (Wildman–Crippen LogP) is 3.58. The molecule has 2 aromatic carbocycles. The van der Waals surface area contributed by atoms with E-state index in [2.05, 4.69) is 33.2 Å². The molecule has 3 rings (SSSR count). The van der Waals surface area contributed by atoms with Crippen LogP contribution in [0.15, 0.2) is 51.8 Å². The van der Waals surface area contributed by atoms with Crippen LogP contribution in [0.2, 0.25) is 0 Å². The van der Waals surface area contributed by atoms with Gasteiger partial charge in [-0.2, -0.15) is 0 Å². The van der Waals surface area contributed by atoms with Gasteiger partial charge < -0.3 is 19.9 Å². The molecule has 6 nitrogen and oxygen atoms in total. The first-order chi connectivity index (χ1) is 14.0. The van der Waals surface area contributed by atoms with Crippen molar-refractivity contribution in [2.24, 2.45) is 0 Å². The second kappa shape index (κ2) is 10.1. The number of benzene rings is 2. The van der Waals surface area contributed by atoms with Gasteiger partial charge in [0, 0.05) is 41.1 Å². The molecule has 8 heteroatoms. The first-order valence-electron chi connectivity index (χ1n) is 9.30. The molecule has 0 radical (unpaired) electrons. The number of piperazine rings is 1. The van der Waals surface area contributed by atoms with Crippen molar-refractivity contribution in [3.05, 3.63) is 52.5 Å². The van der Waals surface area contributed by atoms with Crippen molar-refractivity contribution in [1.29, 1.82) is 0 Å². The average molecular weight is 478 g/mol. The number of likely N-dealkylation sites (N-methyl/N-ethyl adjacent to an activating group) is 1. The zero-order valence-corrected chi connectivity index (χ0v) is 18.9. The van der Waals surface area contributed by atoms with Crippen LogP contribution in [-0.4, -0.2) is 67.7 Å². The highest BCUT2D eigenvalue weighted by Crippen LogP contribution is 2.27. The maximum Gasteiger partial charge on any atom is 0.254 e. The van der Waals surface area contributed by atoms with E-state index in [0.29, 0.717) is 30.1 Å². The smallest absolute Gasteiger partial charge is 0.254 e. The summed E-state index contributed by atoms with van der Waals surface area (Å²) in [6, 6.07) is 13.0. The summed E-state index contributed by atoms with van der Waals surface area (Å²) in [5.41, 5.74) is 1.06. The van der Waals surface area contributed by atoms with Gasteiger partial charge in [0.05, 0.1) is 18.6 Å². The third-order valence-corrected chi connectivity index (χ3v) is 6.24. The van der Waals surface area contributed by atoms with Gasteiger partial charge in [-0.05, 0) is 49.5 Å². The summed E-state index contributed by atoms with van der Waals surface area (Å²) in [7, 11) is 3.60. The van der Waals surface area contributed by atoms with E-state index in [9.17, 15) is 9.59 Å².